The number of halogens is 2. The molecule has 0 N–H and O–H groups in total. The number of aryl methyl sites for hydroxylation is 1. The third-order valence-corrected chi connectivity index (χ3v) is 9.24. The summed E-state index contributed by atoms with van der Waals surface area (Å²) in [5.41, 5.74) is 2.13. The number of aromatic nitrogens is 3. The second kappa shape index (κ2) is 9.15. The second-order valence-electron chi connectivity index (χ2n) is 10.5. The summed E-state index contributed by atoms with van der Waals surface area (Å²) in [4.78, 5) is 20.0. The van der Waals surface area contributed by atoms with Gasteiger partial charge >= 0.3 is 0 Å². The third kappa shape index (κ3) is 4.33. The van der Waals surface area contributed by atoms with Gasteiger partial charge in [-0.25, -0.2) is 9.19 Å². The Bertz CT molecular complexity index is 1450. The molecule has 1 fully saturated rings. The first-order valence-corrected chi connectivity index (χ1v) is 13.8. The minimum atomic E-state index is -1.34. The van der Waals surface area contributed by atoms with E-state index in [0.29, 0.717) is 27.4 Å². The Balaban J connectivity index is 1.42. The Morgan fingerprint density at radius 1 is 1.11 bits per heavy atom. The van der Waals surface area contributed by atoms with Crippen molar-refractivity contribution in [3.05, 3.63) is 74.5 Å². The number of hydrogen-bond donors (Lipinski definition) is 0. The molecule has 0 aliphatic carbocycles. The fraction of sp³-hybridized carbons (Fsp3) is 0.423. The summed E-state index contributed by atoms with van der Waals surface area (Å²) in [6.07, 6.45) is 3.73. The van der Waals surface area contributed by atoms with E-state index in [1.54, 1.807) is 31.2 Å². The van der Waals surface area contributed by atoms with Crippen molar-refractivity contribution in [3.8, 4) is 5.69 Å². The first kappa shape index (κ1) is 25.2. The highest BCUT2D eigenvalue weighted by atomic mass is 35.5. The lowest BCUT2D eigenvalue weighted by Gasteiger charge is -2.40. The summed E-state index contributed by atoms with van der Waals surface area (Å²) in [5.74, 6) is 1.19. The molecule has 1 atom stereocenters. The van der Waals surface area contributed by atoms with Crippen molar-refractivity contribution in [2.24, 2.45) is 9.81 Å². The van der Waals surface area contributed by atoms with Crippen LogP contribution in [0.3, 0.4) is 0 Å². The van der Waals surface area contributed by atoms with Crippen LogP contribution < -0.4 is 10.5 Å². The molecule has 2 aliphatic heterocycles. The van der Waals surface area contributed by atoms with Crippen LogP contribution in [0.4, 0.5) is 5.82 Å². The van der Waals surface area contributed by atoms with E-state index >= 15 is 0 Å². The molecule has 1 spiro atoms. The van der Waals surface area contributed by atoms with Gasteiger partial charge in [0.2, 0.25) is 0 Å². The van der Waals surface area contributed by atoms with Gasteiger partial charge in [0.1, 0.15) is 22.6 Å². The molecule has 0 bridgehead atoms. The highest BCUT2D eigenvalue weighted by Gasteiger charge is 2.46. The van der Waals surface area contributed by atoms with E-state index in [1.807, 2.05) is 26.8 Å². The van der Waals surface area contributed by atoms with Gasteiger partial charge in [-0.1, -0.05) is 29.3 Å². The first-order chi connectivity index (χ1) is 17.0. The van der Waals surface area contributed by atoms with Gasteiger partial charge in [-0.05, 0) is 64.8 Å². The molecule has 2 aliphatic rings. The molecule has 4 heterocycles. The van der Waals surface area contributed by atoms with Crippen LogP contribution >= 0.6 is 23.2 Å². The summed E-state index contributed by atoms with van der Waals surface area (Å²) < 4.78 is 21.0. The zero-order chi connectivity index (χ0) is 25.8. The average molecular weight is 547 g/mol. The van der Waals surface area contributed by atoms with Gasteiger partial charge in [0.15, 0.2) is 0 Å². The van der Waals surface area contributed by atoms with E-state index in [1.165, 1.54) is 4.57 Å². The SMILES string of the molecule is Cc1nc(N2CCC3(CC2)Cn2cccc2/C3=N\S(=O)C(C)(C)C)cc(=O)n1-c1cccc(Cl)c1Cl. The van der Waals surface area contributed by atoms with Crippen molar-refractivity contribution in [2.75, 3.05) is 18.0 Å². The van der Waals surface area contributed by atoms with E-state index in [2.05, 4.69) is 21.7 Å². The maximum atomic E-state index is 13.1. The van der Waals surface area contributed by atoms with Crippen LogP contribution in [0.15, 0.2) is 51.8 Å². The highest BCUT2D eigenvalue weighted by Crippen LogP contribution is 2.43. The van der Waals surface area contributed by atoms with Gasteiger partial charge in [-0.2, -0.15) is 4.40 Å². The Hall–Kier alpha value is -2.42. The van der Waals surface area contributed by atoms with E-state index in [4.69, 9.17) is 32.6 Å². The Morgan fingerprint density at radius 2 is 1.83 bits per heavy atom. The van der Waals surface area contributed by atoms with E-state index in [9.17, 15) is 9.00 Å². The molecule has 3 aromatic rings. The number of anilines is 1. The molecular formula is C26H29Cl2N5O2S. The maximum absolute atomic E-state index is 13.1. The minimum absolute atomic E-state index is 0.174. The van der Waals surface area contributed by atoms with Crippen LogP contribution in [0.5, 0.6) is 0 Å². The molecule has 0 saturated carbocycles. The molecule has 2 aromatic heterocycles. The van der Waals surface area contributed by atoms with Crippen LogP contribution in [-0.2, 0) is 17.5 Å². The molecule has 0 radical (unpaired) electrons. The fourth-order valence-electron chi connectivity index (χ4n) is 5.06. The van der Waals surface area contributed by atoms with Crippen LogP contribution in [0, 0.1) is 12.3 Å². The summed E-state index contributed by atoms with van der Waals surface area (Å²) in [7, 11) is -1.34. The first-order valence-electron chi connectivity index (χ1n) is 12.0. The monoisotopic (exact) mass is 545 g/mol. The Labute approximate surface area is 223 Å². The van der Waals surface area contributed by atoms with E-state index in [-0.39, 0.29) is 11.0 Å². The molecule has 10 heteroatoms. The van der Waals surface area contributed by atoms with Gasteiger partial charge in [0.05, 0.1) is 31.9 Å². The quantitative estimate of drug-likeness (QED) is 0.453. The lowest BCUT2D eigenvalue weighted by Crippen LogP contribution is -2.45. The summed E-state index contributed by atoms with van der Waals surface area (Å²) in [6.45, 7) is 9.91. The van der Waals surface area contributed by atoms with Crippen molar-refractivity contribution in [1.29, 1.82) is 0 Å². The number of rotatable bonds is 3. The number of hydrogen-bond acceptors (Lipinski definition) is 4. The molecular weight excluding hydrogens is 517 g/mol. The maximum Gasteiger partial charge on any atom is 0.260 e. The predicted molar refractivity (Wildman–Crippen MR) is 147 cm³/mol. The van der Waals surface area contributed by atoms with Crippen molar-refractivity contribution in [1.82, 2.24) is 14.1 Å². The van der Waals surface area contributed by atoms with Crippen LogP contribution in [0.25, 0.3) is 5.69 Å². The van der Waals surface area contributed by atoms with E-state index < -0.39 is 15.7 Å². The van der Waals surface area contributed by atoms with Gasteiger partial charge in [-0.3, -0.25) is 9.36 Å². The smallest absolute Gasteiger partial charge is 0.260 e. The largest absolute Gasteiger partial charge is 0.356 e. The van der Waals surface area contributed by atoms with Gasteiger partial charge in [0.25, 0.3) is 5.56 Å². The van der Waals surface area contributed by atoms with Crippen molar-refractivity contribution < 1.29 is 4.21 Å². The van der Waals surface area contributed by atoms with Crippen LogP contribution in [0.1, 0.15) is 45.1 Å². The Morgan fingerprint density at radius 3 is 2.50 bits per heavy atom. The summed E-state index contributed by atoms with van der Waals surface area (Å²) in [5, 5.41) is 0.709. The Kier molecular flexibility index (Phi) is 6.42. The van der Waals surface area contributed by atoms with Crippen LogP contribution in [-0.4, -0.2) is 41.9 Å². The molecule has 1 saturated heterocycles. The lowest BCUT2D eigenvalue weighted by molar-refractivity contribution is 0.298. The lowest BCUT2D eigenvalue weighted by atomic mass is 9.75. The molecule has 1 unspecified atom stereocenters. The topological polar surface area (TPSA) is 72.5 Å². The molecule has 5 rings (SSSR count). The van der Waals surface area contributed by atoms with Crippen molar-refractivity contribution in [3.63, 3.8) is 0 Å². The van der Waals surface area contributed by atoms with E-state index in [0.717, 1.165) is 43.9 Å². The zero-order valence-corrected chi connectivity index (χ0v) is 23.1. The number of fused-ring (bicyclic) bond motifs is 1. The molecule has 36 heavy (non-hydrogen) atoms. The number of nitrogens with zero attached hydrogens (tertiary/aromatic N) is 5. The normalized spacial score (nSPS) is 19.2. The van der Waals surface area contributed by atoms with Gasteiger partial charge in [-0.15, -0.1) is 0 Å². The molecule has 190 valence electrons. The van der Waals surface area contributed by atoms with Crippen molar-refractivity contribution in [2.45, 2.75) is 51.8 Å². The number of piperidine rings is 1. The van der Waals surface area contributed by atoms with Gasteiger partial charge < -0.3 is 9.47 Å². The summed E-state index contributed by atoms with van der Waals surface area (Å²) >= 11 is 12.5. The zero-order valence-electron chi connectivity index (χ0n) is 20.8. The van der Waals surface area contributed by atoms with Gasteiger partial charge in [0, 0.05) is 37.3 Å². The van der Waals surface area contributed by atoms with Crippen LogP contribution in [0.2, 0.25) is 10.0 Å². The molecule has 0 amide bonds. The minimum Gasteiger partial charge on any atom is -0.356 e. The average Bonchev–Trinajstić information content (AvgIpc) is 3.36. The number of benzene rings is 1. The highest BCUT2D eigenvalue weighted by molar-refractivity contribution is 7.85. The summed E-state index contributed by atoms with van der Waals surface area (Å²) in [6, 6.07) is 10.8. The second-order valence-corrected chi connectivity index (χ2v) is 13.2. The van der Waals surface area contributed by atoms with Crippen molar-refractivity contribution >= 4 is 45.7 Å². The molecule has 1 aromatic carbocycles. The third-order valence-electron chi connectivity index (χ3n) is 7.04. The predicted octanol–water partition coefficient (Wildman–Crippen LogP) is 5.20. The molecule has 7 nitrogen and oxygen atoms in total. The standard InChI is InChI=1S/C26H29Cl2N5O2S/c1-17-29-21(15-22(34)33(17)19-8-5-7-18(27)23(19)28)31-13-10-26(11-14-31)16-32-12-6-9-20(32)24(26)30-36(35)25(2,3)4/h5-9,12,15H,10-11,13-14,16H2,1-4H3/b30-24+. The fourth-order valence-corrected chi connectivity index (χ4v) is 6.17.